The van der Waals surface area contributed by atoms with Gasteiger partial charge in [0.2, 0.25) is 0 Å². The van der Waals surface area contributed by atoms with Crippen molar-refractivity contribution >= 4 is 21.8 Å². The highest BCUT2D eigenvalue weighted by Crippen LogP contribution is 2.30. The van der Waals surface area contributed by atoms with Gasteiger partial charge in [0.25, 0.3) is 0 Å². The molecule has 124 valence electrons. The van der Waals surface area contributed by atoms with Gasteiger partial charge in [0.15, 0.2) is 5.43 Å². The Morgan fingerprint density at radius 2 is 1.48 bits per heavy atom. The van der Waals surface area contributed by atoms with Gasteiger partial charge in [-0.3, -0.25) is 9.78 Å². The Morgan fingerprint density at radius 3 is 2.04 bits per heavy atom. The molecule has 4 heteroatoms. The number of pyridine rings is 2. The Balaban J connectivity index is 2.27. The molecule has 0 atom stereocenters. The molecule has 1 N–H and O–H groups in total. The third-order valence-electron chi connectivity index (χ3n) is 4.48. The molecule has 0 radical (unpaired) electrons. The van der Waals surface area contributed by atoms with Crippen LogP contribution in [0.4, 0.5) is 0 Å². The lowest BCUT2D eigenvalue weighted by atomic mass is 9.97. The first kappa shape index (κ1) is 15.5. The molecular weight excluding hydrogens is 312 g/mol. The number of fused-ring (bicyclic) bond motifs is 2. The lowest BCUT2D eigenvalue weighted by Crippen LogP contribution is -2.20. The molecule has 4 rings (SSSR count). The highest BCUT2D eigenvalue weighted by atomic mass is 16.3. The third kappa shape index (κ3) is 2.42. The summed E-state index contributed by atoms with van der Waals surface area (Å²) in [6.45, 7) is 3.47. The molecule has 0 aliphatic rings. The first-order chi connectivity index (χ1) is 12.0. The molecule has 0 spiro atoms. The van der Waals surface area contributed by atoms with E-state index in [1.54, 1.807) is 26.2 Å². The molecule has 0 aliphatic heterocycles. The first-order valence-corrected chi connectivity index (χ1v) is 8.18. The molecule has 2 aromatic carbocycles. The zero-order valence-electron chi connectivity index (χ0n) is 14.1. The third-order valence-corrected chi connectivity index (χ3v) is 4.48. The second kappa shape index (κ2) is 5.53. The normalized spacial score (nSPS) is 12.0. The van der Waals surface area contributed by atoms with Crippen LogP contribution in [0, 0.1) is 0 Å². The second-order valence-corrected chi connectivity index (χ2v) is 6.65. The van der Waals surface area contributed by atoms with Crippen LogP contribution in [0.2, 0.25) is 0 Å². The summed E-state index contributed by atoms with van der Waals surface area (Å²) in [5.41, 5.74) is 2.09. The van der Waals surface area contributed by atoms with Crippen LogP contribution < -0.4 is 5.43 Å². The van der Waals surface area contributed by atoms with Crippen molar-refractivity contribution in [2.45, 2.75) is 19.4 Å². The molecule has 4 nitrogen and oxygen atoms in total. The molecule has 0 unspecified atom stereocenters. The van der Waals surface area contributed by atoms with Gasteiger partial charge in [-0.1, -0.05) is 24.3 Å². The maximum atomic E-state index is 12.9. The van der Waals surface area contributed by atoms with E-state index in [-0.39, 0.29) is 5.43 Å². The number of rotatable bonds is 2. The minimum Gasteiger partial charge on any atom is -0.386 e. The molecule has 0 saturated heterocycles. The fourth-order valence-electron chi connectivity index (χ4n) is 3.31. The summed E-state index contributed by atoms with van der Waals surface area (Å²) in [7, 11) is 0. The smallest absolute Gasteiger partial charge is 0.197 e. The lowest BCUT2D eigenvalue weighted by molar-refractivity contribution is 0.0782. The van der Waals surface area contributed by atoms with Crippen LogP contribution in [0.15, 0.2) is 71.8 Å². The quantitative estimate of drug-likeness (QED) is 0.569. The highest BCUT2D eigenvalue weighted by molar-refractivity contribution is 5.95. The van der Waals surface area contributed by atoms with Crippen LogP contribution in [-0.2, 0) is 5.60 Å². The van der Waals surface area contributed by atoms with Gasteiger partial charge in [0.05, 0.1) is 22.3 Å². The largest absolute Gasteiger partial charge is 0.386 e. The van der Waals surface area contributed by atoms with E-state index in [9.17, 15) is 9.90 Å². The zero-order chi connectivity index (χ0) is 17.6. The van der Waals surface area contributed by atoms with E-state index >= 15 is 0 Å². The van der Waals surface area contributed by atoms with E-state index in [0.717, 1.165) is 16.7 Å². The van der Waals surface area contributed by atoms with Gasteiger partial charge in [-0.2, -0.15) is 0 Å². The number of benzene rings is 2. The van der Waals surface area contributed by atoms with E-state index < -0.39 is 5.60 Å². The molecule has 0 saturated carbocycles. The Hall–Kier alpha value is -2.98. The van der Waals surface area contributed by atoms with E-state index in [2.05, 4.69) is 4.98 Å². The Labute approximate surface area is 145 Å². The Morgan fingerprint density at radius 1 is 0.920 bits per heavy atom. The summed E-state index contributed by atoms with van der Waals surface area (Å²) in [6, 6.07) is 17.0. The maximum absolute atomic E-state index is 12.9. The fraction of sp³-hybridized carbons (Fsp3) is 0.143. The number of aromatic nitrogens is 2. The van der Waals surface area contributed by atoms with Crippen molar-refractivity contribution in [1.82, 2.24) is 9.55 Å². The predicted molar refractivity (Wildman–Crippen MR) is 100 cm³/mol. The number of hydrogen-bond donors (Lipinski definition) is 1. The zero-order valence-corrected chi connectivity index (χ0v) is 14.1. The summed E-state index contributed by atoms with van der Waals surface area (Å²) in [5.74, 6) is 0. The molecule has 2 heterocycles. The van der Waals surface area contributed by atoms with Crippen molar-refractivity contribution < 1.29 is 5.11 Å². The van der Waals surface area contributed by atoms with Gasteiger partial charge in [0, 0.05) is 28.7 Å². The van der Waals surface area contributed by atoms with Crippen molar-refractivity contribution in [3.8, 4) is 5.69 Å². The van der Waals surface area contributed by atoms with E-state index in [0.29, 0.717) is 16.3 Å². The maximum Gasteiger partial charge on any atom is 0.197 e. The molecule has 25 heavy (non-hydrogen) atoms. The van der Waals surface area contributed by atoms with Crippen LogP contribution in [0.25, 0.3) is 27.5 Å². The lowest BCUT2D eigenvalue weighted by Gasteiger charge is -2.24. The van der Waals surface area contributed by atoms with Crippen molar-refractivity contribution in [1.29, 1.82) is 0 Å². The average Bonchev–Trinajstić information content (AvgIpc) is 2.62. The van der Waals surface area contributed by atoms with E-state index in [4.69, 9.17) is 0 Å². The average molecular weight is 330 g/mol. The van der Waals surface area contributed by atoms with Crippen LogP contribution >= 0.6 is 0 Å². The second-order valence-electron chi connectivity index (χ2n) is 6.65. The van der Waals surface area contributed by atoms with Crippen molar-refractivity contribution in [3.63, 3.8) is 0 Å². The molecule has 2 aromatic heterocycles. The van der Waals surface area contributed by atoms with Gasteiger partial charge in [0.1, 0.15) is 0 Å². The highest BCUT2D eigenvalue weighted by Gasteiger charge is 2.23. The number of para-hydroxylation sites is 2. The van der Waals surface area contributed by atoms with E-state index in [1.807, 2.05) is 59.2 Å². The fourth-order valence-corrected chi connectivity index (χ4v) is 3.31. The van der Waals surface area contributed by atoms with Gasteiger partial charge < -0.3 is 9.67 Å². The van der Waals surface area contributed by atoms with Crippen molar-refractivity contribution in [3.05, 3.63) is 82.8 Å². The number of aliphatic hydroxyl groups is 1. The minimum absolute atomic E-state index is 0.0151. The molecule has 0 bridgehead atoms. The molecule has 0 fully saturated rings. The molecule has 0 amide bonds. The monoisotopic (exact) mass is 330 g/mol. The topological polar surface area (TPSA) is 55.1 Å². The van der Waals surface area contributed by atoms with E-state index in [1.165, 1.54) is 0 Å². The van der Waals surface area contributed by atoms with Gasteiger partial charge >= 0.3 is 0 Å². The van der Waals surface area contributed by atoms with Gasteiger partial charge in [-0.25, -0.2) is 0 Å². The summed E-state index contributed by atoms with van der Waals surface area (Å²) in [6.07, 6.45) is 3.38. The van der Waals surface area contributed by atoms with Crippen molar-refractivity contribution in [2.75, 3.05) is 0 Å². The minimum atomic E-state index is -1.06. The predicted octanol–water partition coefficient (Wildman–Crippen LogP) is 3.77. The Kier molecular flexibility index (Phi) is 3.44. The van der Waals surface area contributed by atoms with Crippen LogP contribution in [0.1, 0.15) is 19.4 Å². The first-order valence-electron chi connectivity index (χ1n) is 8.18. The Bertz CT molecular complexity index is 1090. The molecule has 0 aliphatic carbocycles. The molecular formula is C21H18N2O2. The SMILES string of the molecule is CC(C)(O)c1cnccc1-n1c2ccccc2c(=O)c2ccccc21. The summed E-state index contributed by atoms with van der Waals surface area (Å²) in [5, 5.41) is 11.9. The van der Waals surface area contributed by atoms with Crippen molar-refractivity contribution in [2.24, 2.45) is 0 Å². The summed E-state index contributed by atoms with van der Waals surface area (Å²) in [4.78, 5) is 17.1. The van der Waals surface area contributed by atoms with Gasteiger partial charge in [-0.15, -0.1) is 0 Å². The standard InChI is InChI=1S/C21H18N2O2/c1-21(2,25)16-13-22-12-11-19(16)23-17-9-5-3-7-14(17)20(24)15-8-4-6-10-18(15)23/h3-13,25H,1-2H3. The number of hydrogen-bond acceptors (Lipinski definition) is 3. The van der Waals surface area contributed by atoms with Crippen LogP contribution in [-0.4, -0.2) is 14.7 Å². The van der Waals surface area contributed by atoms with Crippen LogP contribution in [0.5, 0.6) is 0 Å². The summed E-state index contributed by atoms with van der Waals surface area (Å²) >= 11 is 0. The van der Waals surface area contributed by atoms with Gasteiger partial charge in [-0.05, 0) is 44.2 Å². The molecule has 4 aromatic rings. The summed E-state index contributed by atoms with van der Waals surface area (Å²) < 4.78 is 2.03. The number of nitrogens with zero attached hydrogens (tertiary/aromatic N) is 2. The van der Waals surface area contributed by atoms with Crippen LogP contribution in [0.3, 0.4) is 0 Å².